The fourth-order valence-corrected chi connectivity index (χ4v) is 3.49. The molecule has 1 fully saturated rings. The number of carboxylic acid groups (broad SMARTS) is 1. The minimum absolute atomic E-state index is 0.0895. The molecule has 1 aliphatic rings. The third kappa shape index (κ3) is 3.93. The van der Waals surface area contributed by atoms with Crippen LogP contribution >= 0.6 is 11.6 Å². The van der Waals surface area contributed by atoms with Crippen molar-refractivity contribution in [3.8, 4) is 0 Å². The molecule has 0 spiro atoms. The van der Waals surface area contributed by atoms with Gasteiger partial charge in [-0.2, -0.15) is 0 Å². The number of furan rings is 1. The van der Waals surface area contributed by atoms with Gasteiger partial charge in [0.25, 0.3) is 5.91 Å². The average Bonchev–Trinajstić information content (AvgIpc) is 2.97. The summed E-state index contributed by atoms with van der Waals surface area (Å²) in [6.07, 6.45) is 0.865. The molecule has 0 bridgehead atoms. The number of aryl methyl sites for hydroxylation is 1. The lowest BCUT2D eigenvalue weighted by Crippen LogP contribution is -2.45. The summed E-state index contributed by atoms with van der Waals surface area (Å²) in [5.74, 6) is -1.62. The summed E-state index contributed by atoms with van der Waals surface area (Å²) in [6.45, 7) is 2.47. The van der Waals surface area contributed by atoms with Crippen LogP contribution in [0.3, 0.4) is 0 Å². The molecule has 1 N–H and O–H groups in total. The number of aliphatic carboxylic acids is 1. The first-order valence-corrected chi connectivity index (χ1v) is 9.10. The summed E-state index contributed by atoms with van der Waals surface area (Å²) in [6, 6.07) is 5.14. The zero-order valence-corrected chi connectivity index (χ0v) is 16.0. The van der Waals surface area contributed by atoms with E-state index in [1.807, 2.05) is 0 Å². The van der Waals surface area contributed by atoms with E-state index in [1.165, 1.54) is 4.90 Å². The normalized spacial score (nSPS) is 15.1. The number of amides is 2. The highest BCUT2D eigenvalue weighted by Gasteiger charge is 2.29. The summed E-state index contributed by atoms with van der Waals surface area (Å²) < 4.78 is 5.66. The van der Waals surface area contributed by atoms with E-state index in [0.29, 0.717) is 42.1 Å². The quantitative estimate of drug-likeness (QED) is 0.863. The van der Waals surface area contributed by atoms with Gasteiger partial charge in [-0.15, -0.1) is 0 Å². The molecule has 1 aromatic carbocycles. The molecule has 27 heavy (non-hydrogen) atoms. The number of benzene rings is 1. The fourth-order valence-electron chi connectivity index (χ4n) is 3.32. The van der Waals surface area contributed by atoms with Gasteiger partial charge in [0.05, 0.1) is 12.5 Å². The average molecular weight is 393 g/mol. The highest BCUT2D eigenvalue weighted by molar-refractivity contribution is 6.31. The number of fused-ring (bicyclic) bond motifs is 1. The van der Waals surface area contributed by atoms with Crippen LogP contribution in [0.4, 0.5) is 0 Å². The predicted octanol–water partition coefficient (Wildman–Crippen LogP) is 2.79. The van der Waals surface area contributed by atoms with Crippen molar-refractivity contribution in [1.82, 2.24) is 9.80 Å². The first-order chi connectivity index (χ1) is 12.8. The van der Waals surface area contributed by atoms with Crippen molar-refractivity contribution in [2.45, 2.75) is 19.8 Å². The van der Waals surface area contributed by atoms with Gasteiger partial charge in [-0.25, -0.2) is 0 Å². The van der Waals surface area contributed by atoms with Crippen LogP contribution in [0.2, 0.25) is 5.02 Å². The highest BCUT2D eigenvalue weighted by atomic mass is 35.5. The fraction of sp³-hybridized carbons (Fsp3) is 0.421. The molecule has 2 aromatic rings. The van der Waals surface area contributed by atoms with Crippen LogP contribution in [0, 0.1) is 12.8 Å². The first-order valence-electron chi connectivity index (χ1n) is 8.72. The van der Waals surface area contributed by atoms with Crippen LogP contribution in [0.15, 0.2) is 22.6 Å². The number of piperidine rings is 1. The van der Waals surface area contributed by atoms with Crippen molar-refractivity contribution in [3.63, 3.8) is 0 Å². The number of nitrogens with zero attached hydrogens (tertiary/aromatic N) is 2. The second kappa shape index (κ2) is 7.60. The summed E-state index contributed by atoms with van der Waals surface area (Å²) in [4.78, 5) is 39.1. The van der Waals surface area contributed by atoms with E-state index < -0.39 is 11.9 Å². The number of hydrogen-bond donors (Lipinski definition) is 1. The van der Waals surface area contributed by atoms with Gasteiger partial charge in [0, 0.05) is 36.1 Å². The number of likely N-dealkylation sites (N-methyl/N-ethyl adjacent to an activating group) is 1. The topological polar surface area (TPSA) is 91.1 Å². The molecular weight excluding hydrogens is 372 g/mol. The lowest BCUT2D eigenvalue weighted by molar-refractivity contribution is -0.145. The Kier molecular flexibility index (Phi) is 5.41. The van der Waals surface area contributed by atoms with Crippen molar-refractivity contribution in [3.05, 3.63) is 34.5 Å². The molecule has 0 radical (unpaired) electrons. The number of halogens is 1. The summed E-state index contributed by atoms with van der Waals surface area (Å²) in [7, 11) is 1.55. The van der Waals surface area contributed by atoms with Crippen molar-refractivity contribution >= 4 is 40.4 Å². The van der Waals surface area contributed by atoms with E-state index in [0.717, 1.165) is 5.39 Å². The zero-order valence-electron chi connectivity index (χ0n) is 15.2. The van der Waals surface area contributed by atoms with Crippen LogP contribution in [0.25, 0.3) is 11.0 Å². The van der Waals surface area contributed by atoms with Gasteiger partial charge in [0.2, 0.25) is 5.91 Å². The van der Waals surface area contributed by atoms with Crippen molar-refractivity contribution in [1.29, 1.82) is 0 Å². The highest BCUT2D eigenvalue weighted by Crippen LogP contribution is 2.28. The standard InChI is InChI=1S/C19H21ClN2O5/c1-11-14-9-13(20)3-4-15(14)27-17(11)18(24)21(2)10-16(23)22-7-5-12(6-8-22)19(25)26/h3-4,9,12H,5-8,10H2,1-2H3,(H,25,26). The largest absolute Gasteiger partial charge is 0.481 e. The summed E-state index contributed by atoms with van der Waals surface area (Å²) in [5.41, 5.74) is 1.25. The molecule has 1 aromatic heterocycles. The number of carbonyl (C=O) groups is 3. The van der Waals surface area contributed by atoms with Gasteiger partial charge < -0.3 is 19.3 Å². The monoisotopic (exact) mass is 392 g/mol. The lowest BCUT2D eigenvalue weighted by Gasteiger charge is -2.31. The third-order valence-corrected chi connectivity index (χ3v) is 5.24. The summed E-state index contributed by atoms with van der Waals surface area (Å²) in [5, 5.41) is 10.4. The number of rotatable bonds is 4. The van der Waals surface area contributed by atoms with E-state index in [4.69, 9.17) is 21.1 Å². The molecular formula is C19H21ClN2O5. The lowest BCUT2D eigenvalue weighted by atomic mass is 9.97. The van der Waals surface area contributed by atoms with E-state index in [9.17, 15) is 14.4 Å². The van der Waals surface area contributed by atoms with Crippen LogP contribution in [0.1, 0.15) is 29.0 Å². The van der Waals surface area contributed by atoms with E-state index in [1.54, 1.807) is 37.1 Å². The Bertz CT molecular complexity index is 899. The molecule has 0 atom stereocenters. The SMILES string of the molecule is Cc1c(C(=O)N(C)CC(=O)N2CCC(C(=O)O)CC2)oc2ccc(Cl)cc12. The van der Waals surface area contributed by atoms with Gasteiger partial charge in [-0.05, 0) is 38.0 Å². The number of likely N-dealkylation sites (tertiary alicyclic amines) is 1. The molecule has 1 saturated heterocycles. The predicted molar refractivity (Wildman–Crippen MR) is 99.9 cm³/mol. The molecule has 7 nitrogen and oxygen atoms in total. The molecule has 3 rings (SSSR count). The molecule has 2 amide bonds. The zero-order chi connectivity index (χ0) is 19.7. The van der Waals surface area contributed by atoms with Crippen LogP contribution in [-0.4, -0.2) is 59.4 Å². The number of hydrogen-bond acceptors (Lipinski definition) is 4. The van der Waals surface area contributed by atoms with Crippen LogP contribution in [0.5, 0.6) is 0 Å². The van der Waals surface area contributed by atoms with E-state index >= 15 is 0 Å². The Hall–Kier alpha value is -2.54. The van der Waals surface area contributed by atoms with Gasteiger partial charge >= 0.3 is 5.97 Å². The number of carbonyl (C=O) groups excluding carboxylic acids is 2. The minimum atomic E-state index is -0.824. The van der Waals surface area contributed by atoms with Crippen LogP contribution < -0.4 is 0 Å². The van der Waals surface area contributed by atoms with Gasteiger partial charge in [-0.3, -0.25) is 14.4 Å². The van der Waals surface area contributed by atoms with Gasteiger partial charge in [-0.1, -0.05) is 11.6 Å². The maximum atomic E-state index is 12.7. The van der Waals surface area contributed by atoms with Crippen LogP contribution in [-0.2, 0) is 9.59 Å². The second-order valence-electron chi connectivity index (χ2n) is 6.85. The molecule has 1 aliphatic heterocycles. The molecule has 8 heteroatoms. The molecule has 0 aliphatic carbocycles. The smallest absolute Gasteiger partial charge is 0.306 e. The molecule has 0 unspecified atom stereocenters. The van der Waals surface area contributed by atoms with Gasteiger partial charge in [0.15, 0.2) is 5.76 Å². The second-order valence-corrected chi connectivity index (χ2v) is 7.29. The Balaban J connectivity index is 1.67. The van der Waals surface area contributed by atoms with E-state index in [2.05, 4.69) is 0 Å². The van der Waals surface area contributed by atoms with Crippen molar-refractivity contribution < 1.29 is 23.9 Å². The summed E-state index contributed by atoms with van der Waals surface area (Å²) >= 11 is 6.00. The Morgan fingerprint density at radius 2 is 1.96 bits per heavy atom. The third-order valence-electron chi connectivity index (χ3n) is 5.01. The Morgan fingerprint density at radius 1 is 1.30 bits per heavy atom. The first kappa shape index (κ1) is 19.2. The Labute approximate surface area is 161 Å². The maximum absolute atomic E-state index is 12.7. The van der Waals surface area contributed by atoms with Crippen molar-refractivity contribution in [2.24, 2.45) is 5.92 Å². The van der Waals surface area contributed by atoms with Crippen molar-refractivity contribution in [2.75, 3.05) is 26.7 Å². The molecule has 2 heterocycles. The van der Waals surface area contributed by atoms with Gasteiger partial charge in [0.1, 0.15) is 5.58 Å². The molecule has 0 saturated carbocycles. The molecule has 144 valence electrons. The number of carboxylic acids is 1. The maximum Gasteiger partial charge on any atom is 0.306 e. The van der Waals surface area contributed by atoms with E-state index in [-0.39, 0.29) is 24.1 Å². The Morgan fingerprint density at radius 3 is 2.59 bits per heavy atom. The minimum Gasteiger partial charge on any atom is -0.481 e.